The molecule has 0 bridgehead atoms. The van der Waals surface area contributed by atoms with Crippen molar-refractivity contribution in [2.75, 3.05) is 66.1 Å². The third kappa shape index (κ3) is 9.13. The molecular formula is C19H36IN7O3. The van der Waals surface area contributed by atoms with Crippen LogP contribution in [0.25, 0.3) is 0 Å². The van der Waals surface area contributed by atoms with Gasteiger partial charge >= 0.3 is 0 Å². The molecule has 0 unspecified atom stereocenters. The molecule has 0 radical (unpaired) electrons. The topological polar surface area (TPSA) is 108 Å². The van der Waals surface area contributed by atoms with Crippen molar-refractivity contribution in [3.63, 3.8) is 0 Å². The highest BCUT2D eigenvalue weighted by Gasteiger charge is 2.21. The molecule has 30 heavy (non-hydrogen) atoms. The summed E-state index contributed by atoms with van der Waals surface area (Å²) in [6.07, 6.45) is 0.621. The Hall–Kier alpha value is -1.47. The number of amides is 1. The van der Waals surface area contributed by atoms with E-state index in [0.29, 0.717) is 38.6 Å². The molecule has 2 rings (SSSR count). The fraction of sp³-hybridized carbons (Fsp3) is 0.789. The van der Waals surface area contributed by atoms with Gasteiger partial charge in [0.1, 0.15) is 0 Å². The number of nitrogens with one attached hydrogen (secondary N) is 2. The predicted octanol–water partition coefficient (Wildman–Crippen LogP) is 0.699. The van der Waals surface area contributed by atoms with E-state index >= 15 is 0 Å². The molecular weight excluding hydrogens is 501 g/mol. The van der Waals surface area contributed by atoms with Crippen LogP contribution in [0.2, 0.25) is 0 Å². The fourth-order valence-electron chi connectivity index (χ4n) is 2.96. The lowest BCUT2D eigenvalue weighted by Crippen LogP contribution is -2.54. The van der Waals surface area contributed by atoms with Crippen LogP contribution in [0, 0.1) is 0 Å². The monoisotopic (exact) mass is 537 g/mol. The third-order valence-corrected chi connectivity index (χ3v) is 4.59. The molecule has 2 N–H and O–H groups in total. The van der Waals surface area contributed by atoms with Gasteiger partial charge in [-0.1, -0.05) is 19.0 Å². The molecule has 10 nitrogen and oxygen atoms in total. The van der Waals surface area contributed by atoms with Gasteiger partial charge in [0.05, 0.1) is 19.7 Å². The van der Waals surface area contributed by atoms with Crippen molar-refractivity contribution in [1.29, 1.82) is 0 Å². The molecule has 0 saturated carbocycles. The first-order valence-electron chi connectivity index (χ1n) is 10.4. The Balaban J connectivity index is 0.00000450. The summed E-state index contributed by atoms with van der Waals surface area (Å²) in [6.45, 7) is 12.3. The number of halogens is 1. The van der Waals surface area contributed by atoms with E-state index in [0.717, 1.165) is 44.5 Å². The van der Waals surface area contributed by atoms with Crippen LogP contribution in [0.4, 0.5) is 0 Å². The van der Waals surface area contributed by atoms with E-state index in [1.807, 2.05) is 13.8 Å². The summed E-state index contributed by atoms with van der Waals surface area (Å²) in [5.41, 5.74) is 0. The van der Waals surface area contributed by atoms with Gasteiger partial charge in [-0.05, 0) is 6.92 Å². The highest BCUT2D eigenvalue weighted by molar-refractivity contribution is 14.0. The first-order chi connectivity index (χ1) is 14.0. The van der Waals surface area contributed by atoms with Crippen molar-refractivity contribution in [3.05, 3.63) is 11.7 Å². The zero-order chi connectivity index (χ0) is 21.1. The standard InChI is InChI=1S/C19H35N7O3.HI/c1-5-20-19(22-7-6-17-23-18(15(2)3)24-29-17)26-11-9-25(10-12-26)14-16(27)21-8-13-28-4;/h15H,5-14H2,1-4H3,(H,20,22)(H,21,27);1H. The summed E-state index contributed by atoms with van der Waals surface area (Å²) in [7, 11) is 1.62. The summed E-state index contributed by atoms with van der Waals surface area (Å²) >= 11 is 0. The van der Waals surface area contributed by atoms with Gasteiger partial charge in [-0.3, -0.25) is 14.7 Å². The minimum Gasteiger partial charge on any atom is -0.383 e. The predicted molar refractivity (Wildman–Crippen MR) is 126 cm³/mol. The number of rotatable bonds is 10. The number of guanidine groups is 1. The molecule has 0 aliphatic carbocycles. The summed E-state index contributed by atoms with van der Waals surface area (Å²) < 4.78 is 10.2. The first kappa shape index (κ1) is 26.6. The van der Waals surface area contributed by atoms with Crippen LogP contribution >= 0.6 is 24.0 Å². The van der Waals surface area contributed by atoms with Crippen molar-refractivity contribution in [2.24, 2.45) is 4.99 Å². The molecule has 0 aromatic carbocycles. The number of nitrogens with zero attached hydrogens (tertiary/aromatic N) is 5. The van der Waals surface area contributed by atoms with Gasteiger partial charge in [-0.15, -0.1) is 24.0 Å². The van der Waals surface area contributed by atoms with Crippen LogP contribution in [0.5, 0.6) is 0 Å². The molecule has 1 aliphatic rings. The Morgan fingerprint density at radius 1 is 1.27 bits per heavy atom. The minimum absolute atomic E-state index is 0. The maximum atomic E-state index is 11.9. The van der Waals surface area contributed by atoms with Crippen molar-refractivity contribution in [2.45, 2.75) is 33.1 Å². The van der Waals surface area contributed by atoms with E-state index < -0.39 is 0 Å². The van der Waals surface area contributed by atoms with Crippen LogP contribution in [-0.4, -0.2) is 97.9 Å². The summed E-state index contributed by atoms with van der Waals surface area (Å²) in [4.78, 5) is 25.4. The third-order valence-electron chi connectivity index (χ3n) is 4.59. The van der Waals surface area contributed by atoms with Crippen LogP contribution in [0.15, 0.2) is 9.52 Å². The van der Waals surface area contributed by atoms with E-state index in [4.69, 9.17) is 14.3 Å². The summed E-state index contributed by atoms with van der Waals surface area (Å²) in [5.74, 6) is 2.54. The summed E-state index contributed by atoms with van der Waals surface area (Å²) in [6, 6.07) is 0. The second-order valence-electron chi connectivity index (χ2n) is 7.29. The Morgan fingerprint density at radius 3 is 2.60 bits per heavy atom. The lowest BCUT2D eigenvalue weighted by molar-refractivity contribution is -0.122. The number of hydrogen-bond donors (Lipinski definition) is 2. The van der Waals surface area contributed by atoms with Crippen molar-refractivity contribution < 1.29 is 14.1 Å². The molecule has 0 atom stereocenters. The quantitative estimate of drug-likeness (QED) is 0.195. The van der Waals surface area contributed by atoms with Crippen molar-refractivity contribution in [3.8, 4) is 0 Å². The van der Waals surface area contributed by atoms with Gasteiger partial charge < -0.3 is 24.8 Å². The van der Waals surface area contributed by atoms with E-state index in [-0.39, 0.29) is 35.8 Å². The minimum atomic E-state index is 0. The average molecular weight is 537 g/mol. The molecule has 0 spiro atoms. The van der Waals surface area contributed by atoms with E-state index in [2.05, 4.69) is 37.5 Å². The van der Waals surface area contributed by atoms with Gasteiger partial charge in [-0.2, -0.15) is 4.98 Å². The summed E-state index contributed by atoms with van der Waals surface area (Å²) in [5, 5.41) is 10.2. The Kier molecular flexibility index (Phi) is 12.9. The van der Waals surface area contributed by atoms with Gasteiger partial charge in [0, 0.05) is 58.7 Å². The van der Waals surface area contributed by atoms with E-state index in [1.165, 1.54) is 0 Å². The van der Waals surface area contributed by atoms with Gasteiger partial charge in [0.2, 0.25) is 11.8 Å². The number of carbonyl (C=O) groups is 1. The molecule has 1 saturated heterocycles. The van der Waals surface area contributed by atoms with Gasteiger partial charge in [0.15, 0.2) is 11.8 Å². The van der Waals surface area contributed by atoms with Crippen LogP contribution in [0.1, 0.15) is 38.4 Å². The number of piperazine rings is 1. The maximum absolute atomic E-state index is 11.9. The largest absolute Gasteiger partial charge is 0.383 e. The van der Waals surface area contributed by atoms with Crippen molar-refractivity contribution in [1.82, 2.24) is 30.6 Å². The molecule has 1 aliphatic heterocycles. The smallest absolute Gasteiger partial charge is 0.234 e. The van der Waals surface area contributed by atoms with Crippen LogP contribution in [-0.2, 0) is 16.0 Å². The molecule has 2 heterocycles. The zero-order valence-electron chi connectivity index (χ0n) is 18.5. The lowest BCUT2D eigenvalue weighted by atomic mass is 10.2. The number of hydrogen-bond acceptors (Lipinski definition) is 7. The number of aliphatic imine (C=N–C) groups is 1. The Morgan fingerprint density at radius 2 is 2.00 bits per heavy atom. The molecule has 1 aromatic heterocycles. The number of carbonyl (C=O) groups excluding carboxylic acids is 1. The highest BCUT2D eigenvalue weighted by atomic mass is 127. The fourth-order valence-corrected chi connectivity index (χ4v) is 2.96. The molecule has 172 valence electrons. The van der Waals surface area contributed by atoms with Gasteiger partial charge in [0.25, 0.3) is 0 Å². The number of ether oxygens (including phenoxy) is 1. The molecule has 1 amide bonds. The normalized spacial score (nSPS) is 15.2. The van der Waals surface area contributed by atoms with E-state index in [9.17, 15) is 4.79 Å². The Bertz CT molecular complexity index is 646. The number of methoxy groups -OCH3 is 1. The SMILES string of the molecule is CCNC(=NCCc1nc(C(C)C)no1)N1CCN(CC(=O)NCCOC)CC1.I. The number of aromatic nitrogens is 2. The van der Waals surface area contributed by atoms with Crippen molar-refractivity contribution >= 4 is 35.8 Å². The molecule has 1 aromatic rings. The lowest BCUT2D eigenvalue weighted by Gasteiger charge is -2.36. The zero-order valence-corrected chi connectivity index (χ0v) is 20.8. The van der Waals surface area contributed by atoms with Crippen LogP contribution < -0.4 is 10.6 Å². The second kappa shape index (κ2) is 14.5. The second-order valence-corrected chi connectivity index (χ2v) is 7.29. The van der Waals surface area contributed by atoms with Crippen LogP contribution in [0.3, 0.4) is 0 Å². The Labute approximate surface area is 196 Å². The highest BCUT2D eigenvalue weighted by Crippen LogP contribution is 2.10. The van der Waals surface area contributed by atoms with Gasteiger partial charge in [-0.25, -0.2) is 0 Å². The van der Waals surface area contributed by atoms with E-state index in [1.54, 1.807) is 7.11 Å². The molecule has 1 fully saturated rings. The average Bonchev–Trinajstić information content (AvgIpc) is 3.17. The first-order valence-corrected chi connectivity index (χ1v) is 10.4. The molecule has 11 heteroatoms. The maximum Gasteiger partial charge on any atom is 0.234 e.